The molecule has 30 heavy (non-hydrogen) atoms. The molecule has 0 bridgehead atoms. The highest BCUT2D eigenvalue weighted by molar-refractivity contribution is 7.97. The summed E-state index contributed by atoms with van der Waals surface area (Å²) in [4.78, 5) is 24.1. The van der Waals surface area contributed by atoms with Gasteiger partial charge >= 0.3 is 6.03 Å². The first-order valence-corrected chi connectivity index (χ1v) is 10.1. The van der Waals surface area contributed by atoms with Gasteiger partial charge in [0.15, 0.2) is 0 Å². The summed E-state index contributed by atoms with van der Waals surface area (Å²) in [6.07, 6.45) is 0.624. The molecule has 3 N–H and O–H groups in total. The van der Waals surface area contributed by atoms with E-state index in [1.54, 1.807) is 36.4 Å². The van der Waals surface area contributed by atoms with E-state index in [9.17, 15) is 18.4 Å². The van der Waals surface area contributed by atoms with E-state index in [1.165, 1.54) is 42.3 Å². The molecule has 0 unspecified atom stereocenters. The first-order valence-electron chi connectivity index (χ1n) is 9.10. The lowest BCUT2D eigenvalue weighted by molar-refractivity contribution is 0.102. The Morgan fingerprint density at radius 1 is 0.833 bits per heavy atom. The molecule has 154 valence electrons. The Morgan fingerprint density at radius 2 is 1.53 bits per heavy atom. The van der Waals surface area contributed by atoms with Gasteiger partial charge < -0.3 is 10.6 Å². The molecule has 0 heterocycles. The third-order valence-electron chi connectivity index (χ3n) is 4.07. The minimum Gasteiger partial charge on any atom is -0.322 e. The fourth-order valence-corrected chi connectivity index (χ4v) is 3.24. The predicted molar refractivity (Wildman–Crippen MR) is 116 cm³/mol. The molecule has 3 aromatic rings. The first-order chi connectivity index (χ1) is 14.5. The van der Waals surface area contributed by atoms with Gasteiger partial charge in [0.1, 0.15) is 11.6 Å². The molecular formula is C22H19F2N3O2S. The van der Waals surface area contributed by atoms with Crippen LogP contribution in [0.1, 0.15) is 15.9 Å². The Morgan fingerprint density at radius 3 is 2.23 bits per heavy atom. The summed E-state index contributed by atoms with van der Waals surface area (Å²) in [5.74, 6) is -0.837. The van der Waals surface area contributed by atoms with E-state index in [0.717, 1.165) is 5.56 Å². The van der Waals surface area contributed by atoms with E-state index in [0.29, 0.717) is 23.5 Å². The van der Waals surface area contributed by atoms with Crippen molar-refractivity contribution in [1.29, 1.82) is 0 Å². The van der Waals surface area contributed by atoms with Gasteiger partial charge in [-0.3, -0.25) is 9.52 Å². The maximum atomic E-state index is 13.7. The highest BCUT2D eigenvalue weighted by Crippen LogP contribution is 2.16. The molecule has 0 radical (unpaired) electrons. The van der Waals surface area contributed by atoms with Crippen LogP contribution in [-0.4, -0.2) is 17.7 Å². The van der Waals surface area contributed by atoms with Gasteiger partial charge in [0, 0.05) is 17.1 Å². The Bertz CT molecular complexity index is 1030. The zero-order valence-corrected chi connectivity index (χ0v) is 16.6. The monoisotopic (exact) mass is 427 g/mol. The average molecular weight is 427 g/mol. The van der Waals surface area contributed by atoms with Crippen LogP contribution in [0.2, 0.25) is 0 Å². The van der Waals surface area contributed by atoms with Gasteiger partial charge in [-0.2, -0.15) is 0 Å². The summed E-state index contributed by atoms with van der Waals surface area (Å²) in [6.45, 7) is 0. The molecule has 5 nitrogen and oxygen atoms in total. The van der Waals surface area contributed by atoms with Crippen molar-refractivity contribution in [2.24, 2.45) is 0 Å². The van der Waals surface area contributed by atoms with E-state index < -0.39 is 17.8 Å². The number of nitrogens with one attached hydrogen (secondary N) is 3. The highest BCUT2D eigenvalue weighted by atomic mass is 32.2. The second-order valence-electron chi connectivity index (χ2n) is 6.30. The van der Waals surface area contributed by atoms with Crippen molar-refractivity contribution >= 4 is 35.3 Å². The maximum Gasteiger partial charge on any atom is 0.329 e. The van der Waals surface area contributed by atoms with Crippen LogP contribution in [0.25, 0.3) is 0 Å². The van der Waals surface area contributed by atoms with E-state index in [2.05, 4.69) is 15.4 Å². The van der Waals surface area contributed by atoms with Crippen LogP contribution in [0.3, 0.4) is 0 Å². The number of halogens is 2. The standard InChI is InChI=1S/C22H19F2N3O2S/c23-16-5-3-4-15(14-16)12-13-30-27-22(29)26-18-10-8-17(9-11-18)25-21(28)19-6-1-2-7-20(19)24/h1-11,14H,12-13H2,(H,25,28)(H2,26,27,29). The number of anilines is 2. The van der Waals surface area contributed by atoms with Crippen molar-refractivity contribution in [3.8, 4) is 0 Å². The zero-order chi connectivity index (χ0) is 21.3. The second kappa shape index (κ2) is 10.4. The predicted octanol–water partition coefficient (Wildman–Crippen LogP) is 5.23. The normalized spacial score (nSPS) is 10.3. The largest absolute Gasteiger partial charge is 0.329 e. The molecule has 0 saturated carbocycles. The summed E-state index contributed by atoms with van der Waals surface area (Å²) < 4.78 is 29.4. The maximum absolute atomic E-state index is 13.7. The molecule has 3 amide bonds. The highest BCUT2D eigenvalue weighted by Gasteiger charge is 2.11. The molecule has 8 heteroatoms. The Balaban J connectivity index is 1.43. The van der Waals surface area contributed by atoms with Gasteiger partial charge in [-0.05, 0) is 72.5 Å². The third-order valence-corrected chi connectivity index (χ3v) is 4.80. The zero-order valence-electron chi connectivity index (χ0n) is 15.8. The molecule has 0 aromatic heterocycles. The summed E-state index contributed by atoms with van der Waals surface area (Å²) in [5, 5.41) is 5.27. The number of carbonyl (C=O) groups is 2. The fourth-order valence-electron chi connectivity index (χ4n) is 2.62. The summed E-state index contributed by atoms with van der Waals surface area (Å²) >= 11 is 1.21. The van der Waals surface area contributed by atoms with Gasteiger partial charge in [0.05, 0.1) is 5.56 Å². The number of hydrogen-bond acceptors (Lipinski definition) is 3. The molecular weight excluding hydrogens is 408 g/mol. The van der Waals surface area contributed by atoms with Crippen molar-refractivity contribution in [2.75, 3.05) is 16.4 Å². The van der Waals surface area contributed by atoms with E-state index in [1.807, 2.05) is 6.07 Å². The minimum atomic E-state index is -0.597. The van der Waals surface area contributed by atoms with Crippen molar-refractivity contribution in [3.63, 3.8) is 0 Å². The minimum absolute atomic E-state index is 0.0469. The number of benzene rings is 3. The average Bonchev–Trinajstić information content (AvgIpc) is 2.73. The number of carbonyl (C=O) groups excluding carboxylic acids is 2. The number of aryl methyl sites for hydroxylation is 1. The van der Waals surface area contributed by atoms with Crippen LogP contribution in [0.4, 0.5) is 25.0 Å². The summed E-state index contributed by atoms with van der Waals surface area (Å²) in [7, 11) is 0. The number of urea groups is 1. The van der Waals surface area contributed by atoms with Crippen LogP contribution in [0, 0.1) is 11.6 Å². The SMILES string of the molecule is O=C(NSCCc1cccc(F)c1)Nc1ccc(NC(=O)c2ccccc2F)cc1. The van der Waals surface area contributed by atoms with Crippen molar-refractivity contribution in [3.05, 3.63) is 95.6 Å². The number of rotatable bonds is 7. The third kappa shape index (κ3) is 6.31. The first kappa shape index (κ1) is 21.3. The van der Waals surface area contributed by atoms with Crippen molar-refractivity contribution in [1.82, 2.24) is 4.72 Å². The van der Waals surface area contributed by atoms with E-state index in [4.69, 9.17) is 0 Å². The molecule has 0 saturated heterocycles. The topological polar surface area (TPSA) is 70.2 Å². The van der Waals surface area contributed by atoms with E-state index in [-0.39, 0.29) is 11.4 Å². The van der Waals surface area contributed by atoms with Gasteiger partial charge in [-0.25, -0.2) is 13.6 Å². The molecule has 0 spiro atoms. The van der Waals surface area contributed by atoms with Crippen molar-refractivity contribution in [2.45, 2.75) is 6.42 Å². The van der Waals surface area contributed by atoms with E-state index >= 15 is 0 Å². The lowest BCUT2D eigenvalue weighted by atomic mass is 10.2. The number of amides is 3. The molecule has 3 aromatic carbocycles. The van der Waals surface area contributed by atoms with Gasteiger partial charge in [0.25, 0.3) is 5.91 Å². The summed E-state index contributed by atoms with van der Waals surface area (Å²) in [6, 6.07) is 18.1. The van der Waals surface area contributed by atoms with Crippen LogP contribution in [-0.2, 0) is 6.42 Å². The van der Waals surface area contributed by atoms with Crippen LogP contribution in [0.15, 0.2) is 72.8 Å². The molecule has 0 fully saturated rings. The lowest BCUT2D eigenvalue weighted by Crippen LogP contribution is -2.23. The Kier molecular flexibility index (Phi) is 7.40. The fraction of sp³-hybridized carbons (Fsp3) is 0.0909. The second-order valence-corrected chi connectivity index (χ2v) is 7.20. The van der Waals surface area contributed by atoms with Crippen LogP contribution < -0.4 is 15.4 Å². The molecule has 0 aliphatic carbocycles. The van der Waals surface area contributed by atoms with Gasteiger partial charge in [-0.1, -0.05) is 24.3 Å². The smallest absolute Gasteiger partial charge is 0.322 e. The summed E-state index contributed by atoms with van der Waals surface area (Å²) in [5.41, 5.74) is 1.81. The van der Waals surface area contributed by atoms with Crippen LogP contribution in [0.5, 0.6) is 0 Å². The Labute approximate surface area is 177 Å². The number of hydrogen-bond donors (Lipinski definition) is 3. The molecule has 0 atom stereocenters. The van der Waals surface area contributed by atoms with Gasteiger partial charge in [-0.15, -0.1) is 0 Å². The van der Waals surface area contributed by atoms with Gasteiger partial charge in [0.2, 0.25) is 0 Å². The quantitative estimate of drug-likeness (QED) is 0.357. The Hall–Kier alpha value is -3.39. The molecule has 0 aliphatic rings. The lowest BCUT2D eigenvalue weighted by Gasteiger charge is -2.09. The van der Waals surface area contributed by atoms with Crippen molar-refractivity contribution < 1.29 is 18.4 Å². The molecule has 3 rings (SSSR count). The van der Waals surface area contributed by atoms with Crippen LogP contribution >= 0.6 is 11.9 Å². The molecule has 0 aliphatic heterocycles.